The standard InChI is InChI=1S/C27H35N3O2/c1-4-6-13-23-24(28-29(3)27(23)22-11-9-8-10-12-22)19-30(16-7-5-2)18-21-14-15-25-26(17-21)32-20-31-25/h8-12,14-15,17H,4-7,13,16,18-20H2,1-3H3. The molecule has 2 aromatic carbocycles. The number of aryl methyl sites for hydroxylation is 1. The predicted molar refractivity (Wildman–Crippen MR) is 129 cm³/mol. The van der Waals surface area contributed by atoms with Crippen molar-refractivity contribution >= 4 is 0 Å². The lowest BCUT2D eigenvalue weighted by atomic mass is 10.0. The van der Waals surface area contributed by atoms with E-state index in [9.17, 15) is 0 Å². The van der Waals surface area contributed by atoms with Gasteiger partial charge in [-0.05, 0) is 43.5 Å². The lowest BCUT2D eigenvalue weighted by Crippen LogP contribution is -2.25. The van der Waals surface area contributed by atoms with Gasteiger partial charge in [0.15, 0.2) is 11.5 Å². The van der Waals surface area contributed by atoms with E-state index in [1.54, 1.807) is 0 Å². The quantitative estimate of drug-likeness (QED) is 0.374. The average molecular weight is 434 g/mol. The van der Waals surface area contributed by atoms with Gasteiger partial charge in [-0.25, -0.2) is 0 Å². The fourth-order valence-electron chi connectivity index (χ4n) is 4.43. The van der Waals surface area contributed by atoms with Crippen molar-refractivity contribution in [3.8, 4) is 22.8 Å². The summed E-state index contributed by atoms with van der Waals surface area (Å²) in [5.41, 5.74) is 6.35. The van der Waals surface area contributed by atoms with Gasteiger partial charge in [0.2, 0.25) is 6.79 Å². The molecule has 0 aliphatic carbocycles. The van der Waals surface area contributed by atoms with E-state index in [4.69, 9.17) is 14.6 Å². The van der Waals surface area contributed by atoms with Gasteiger partial charge in [-0.3, -0.25) is 9.58 Å². The van der Waals surface area contributed by atoms with Gasteiger partial charge in [-0.1, -0.05) is 63.1 Å². The van der Waals surface area contributed by atoms with Crippen LogP contribution in [0.25, 0.3) is 11.3 Å². The minimum Gasteiger partial charge on any atom is -0.454 e. The molecule has 0 bridgehead atoms. The van der Waals surface area contributed by atoms with Crippen LogP contribution < -0.4 is 9.47 Å². The number of nitrogens with zero attached hydrogens (tertiary/aromatic N) is 3. The fourth-order valence-corrected chi connectivity index (χ4v) is 4.43. The van der Waals surface area contributed by atoms with Gasteiger partial charge < -0.3 is 9.47 Å². The van der Waals surface area contributed by atoms with Crippen LogP contribution in [0.1, 0.15) is 56.4 Å². The summed E-state index contributed by atoms with van der Waals surface area (Å²) in [6, 6.07) is 17.0. The lowest BCUT2D eigenvalue weighted by Gasteiger charge is -2.22. The second-order valence-corrected chi connectivity index (χ2v) is 8.62. The molecule has 170 valence electrons. The first-order valence-electron chi connectivity index (χ1n) is 11.9. The Hall–Kier alpha value is -2.79. The number of hydrogen-bond donors (Lipinski definition) is 0. The Kier molecular flexibility index (Phi) is 7.48. The van der Waals surface area contributed by atoms with Gasteiger partial charge in [0.25, 0.3) is 0 Å². The highest BCUT2D eigenvalue weighted by atomic mass is 16.7. The van der Waals surface area contributed by atoms with Crippen molar-refractivity contribution in [1.29, 1.82) is 0 Å². The molecular formula is C27H35N3O2. The molecule has 2 heterocycles. The van der Waals surface area contributed by atoms with E-state index in [2.05, 4.69) is 72.9 Å². The fraction of sp³-hybridized carbons (Fsp3) is 0.444. The van der Waals surface area contributed by atoms with Crippen molar-refractivity contribution in [2.75, 3.05) is 13.3 Å². The molecule has 5 nitrogen and oxygen atoms in total. The van der Waals surface area contributed by atoms with Crippen molar-refractivity contribution in [2.45, 2.75) is 59.0 Å². The predicted octanol–water partition coefficient (Wildman–Crippen LogP) is 5.96. The van der Waals surface area contributed by atoms with Crippen LogP contribution in [0.15, 0.2) is 48.5 Å². The minimum absolute atomic E-state index is 0.315. The van der Waals surface area contributed by atoms with Gasteiger partial charge in [-0.15, -0.1) is 0 Å². The van der Waals surface area contributed by atoms with Gasteiger partial charge in [0.05, 0.1) is 11.4 Å². The normalized spacial score (nSPS) is 12.6. The largest absolute Gasteiger partial charge is 0.454 e. The van der Waals surface area contributed by atoms with Crippen LogP contribution in [0, 0.1) is 0 Å². The van der Waals surface area contributed by atoms with Crippen LogP contribution in [0.2, 0.25) is 0 Å². The first kappa shape index (κ1) is 22.4. The summed E-state index contributed by atoms with van der Waals surface area (Å²) >= 11 is 0. The zero-order valence-electron chi connectivity index (χ0n) is 19.6. The highest BCUT2D eigenvalue weighted by Gasteiger charge is 2.20. The number of fused-ring (bicyclic) bond motifs is 1. The first-order chi connectivity index (χ1) is 15.7. The van der Waals surface area contributed by atoms with Crippen molar-refractivity contribution in [1.82, 2.24) is 14.7 Å². The molecule has 5 heteroatoms. The van der Waals surface area contributed by atoms with Crippen LogP contribution in [0.4, 0.5) is 0 Å². The molecule has 3 aromatic rings. The smallest absolute Gasteiger partial charge is 0.231 e. The van der Waals surface area contributed by atoms with E-state index in [-0.39, 0.29) is 0 Å². The lowest BCUT2D eigenvalue weighted by molar-refractivity contribution is 0.174. The third kappa shape index (κ3) is 5.16. The second-order valence-electron chi connectivity index (χ2n) is 8.62. The number of hydrogen-bond acceptors (Lipinski definition) is 4. The van der Waals surface area contributed by atoms with Crippen molar-refractivity contribution in [3.63, 3.8) is 0 Å². The molecule has 0 saturated heterocycles. The van der Waals surface area contributed by atoms with Gasteiger partial charge in [0, 0.05) is 31.3 Å². The highest BCUT2D eigenvalue weighted by molar-refractivity contribution is 5.64. The Morgan fingerprint density at radius 3 is 2.50 bits per heavy atom. The van der Waals surface area contributed by atoms with Crippen molar-refractivity contribution in [3.05, 3.63) is 65.4 Å². The van der Waals surface area contributed by atoms with Gasteiger partial charge >= 0.3 is 0 Å². The summed E-state index contributed by atoms with van der Waals surface area (Å²) < 4.78 is 13.2. The number of ether oxygens (including phenoxy) is 2. The SMILES string of the molecule is CCCCc1c(CN(CCCC)Cc2ccc3c(c2)OCO3)nn(C)c1-c1ccccc1. The summed E-state index contributed by atoms with van der Waals surface area (Å²) in [5.74, 6) is 1.69. The zero-order chi connectivity index (χ0) is 22.3. The molecule has 0 amide bonds. The molecule has 0 atom stereocenters. The van der Waals surface area contributed by atoms with E-state index < -0.39 is 0 Å². The Morgan fingerprint density at radius 2 is 1.72 bits per heavy atom. The molecule has 4 rings (SSSR count). The molecule has 0 radical (unpaired) electrons. The number of benzene rings is 2. The molecule has 32 heavy (non-hydrogen) atoms. The molecule has 0 unspecified atom stereocenters. The minimum atomic E-state index is 0.315. The topological polar surface area (TPSA) is 39.5 Å². The van der Waals surface area contributed by atoms with Crippen LogP contribution in [-0.2, 0) is 26.6 Å². The number of rotatable bonds is 11. The molecule has 1 aliphatic rings. The third-order valence-electron chi connectivity index (χ3n) is 6.10. The maximum Gasteiger partial charge on any atom is 0.231 e. The maximum atomic E-state index is 5.60. The second kappa shape index (κ2) is 10.7. The summed E-state index contributed by atoms with van der Waals surface area (Å²) in [5, 5.41) is 5.02. The molecule has 0 spiro atoms. The van der Waals surface area contributed by atoms with Gasteiger partial charge in [0.1, 0.15) is 0 Å². The van der Waals surface area contributed by atoms with E-state index >= 15 is 0 Å². The summed E-state index contributed by atoms with van der Waals surface area (Å²) in [7, 11) is 2.08. The molecule has 0 saturated carbocycles. The Morgan fingerprint density at radius 1 is 0.938 bits per heavy atom. The van der Waals surface area contributed by atoms with Crippen LogP contribution in [0.5, 0.6) is 11.5 Å². The Balaban J connectivity index is 1.61. The summed E-state index contributed by atoms with van der Waals surface area (Å²) in [6.45, 7) is 7.60. The number of unbranched alkanes of at least 4 members (excludes halogenated alkanes) is 2. The summed E-state index contributed by atoms with van der Waals surface area (Å²) in [6.07, 6.45) is 5.77. The molecule has 1 aliphatic heterocycles. The monoisotopic (exact) mass is 433 g/mol. The van der Waals surface area contributed by atoms with E-state index in [1.807, 2.05) is 6.07 Å². The first-order valence-corrected chi connectivity index (χ1v) is 11.9. The Bertz CT molecular complexity index is 1010. The highest BCUT2D eigenvalue weighted by Crippen LogP contribution is 2.33. The van der Waals surface area contributed by atoms with E-state index in [0.29, 0.717) is 6.79 Å². The molecular weight excluding hydrogens is 398 g/mol. The molecule has 0 N–H and O–H groups in total. The van der Waals surface area contributed by atoms with Crippen LogP contribution >= 0.6 is 0 Å². The molecule has 1 aromatic heterocycles. The van der Waals surface area contributed by atoms with Crippen LogP contribution in [-0.4, -0.2) is 28.0 Å². The zero-order valence-corrected chi connectivity index (χ0v) is 19.6. The third-order valence-corrected chi connectivity index (χ3v) is 6.10. The van der Waals surface area contributed by atoms with Crippen LogP contribution in [0.3, 0.4) is 0 Å². The summed E-state index contributed by atoms with van der Waals surface area (Å²) in [4.78, 5) is 2.52. The number of aromatic nitrogens is 2. The average Bonchev–Trinajstić information content (AvgIpc) is 3.40. The molecule has 0 fully saturated rings. The maximum absolute atomic E-state index is 5.60. The van der Waals surface area contributed by atoms with Crippen molar-refractivity contribution in [2.24, 2.45) is 7.05 Å². The van der Waals surface area contributed by atoms with Crippen molar-refractivity contribution < 1.29 is 9.47 Å². The van der Waals surface area contributed by atoms with E-state index in [1.165, 1.54) is 53.8 Å². The van der Waals surface area contributed by atoms with E-state index in [0.717, 1.165) is 37.6 Å². The van der Waals surface area contributed by atoms with Gasteiger partial charge in [-0.2, -0.15) is 5.10 Å². The Labute approximate surface area is 192 Å².